The molecule has 0 radical (unpaired) electrons. The van der Waals surface area contributed by atoms with E-state index in [-0.39, 0.29) is 5.91 Å². The Kier molecular flexibility index (Phi) is 1.95. The quantitative estimate of drug-likeness (QED) is 0.543. The van der Waals surface area contributed by atoms with Crippen molar-refractivity contribution in [2.75, 3.05) is 13.1 Å². The zero-order chi connectivity index (χ0) is 9.42. The Morgan fingerprint density at radius 1 is 1.54 bits per heavy atom. The highest BCUT2D eigenvalue weighted by molar-refractivity contribution is 5.88. The summed E-state index contributed by atoms with van der Waals surface area (Å²) in [6, 6.07) is 0.00903. The van der Waals surface area contributed by atoms with E-state index in [1.165, 1.54) is 0 Å². The molecule has 0 aromatic heterocycles. The fourth-order valence-electron chi connectivity index (χ4n) is 1.65. The maximum atomic E-state index is 11.2. The molecule has 0 bridgehead atoms. The van der Waals surface area contributed by atoms with Gasteiger partial charge in [-0.15, -0.1) is 0 Å². The van der Waals surface area contributed by atoms with Gasteiger partial charge in [-0.3, -0.25) is 14.5 Å². The summed E-state index contributed by atoms with van der Waals surface area (Å²) in [5.74, 6) is -0.541. The summed E-state index contributed by atoms with van der Waals surface area (Å²) in [5, 5.41) is 2.57. The topological polar surface area (TPSA) is 75.4 Å². The molecule has 1 aliphatic heterocycles. The average molecular weight is 183 g/mol. The minimum atomic E-state index is -0.498. The van der Waals surface area contributed by atoms with Gasteiger partial charge in [0.1, 0.15) is 6.04 Å². The largest absolute Gasteiger partial charge is 0.368 e. The van der Waals surface area contributed by atoms with Crippen LogP contribution in [0.15, 0.2) is 0 Å². The first-order valence-corrected chi connectivity index (χ1v) is 4.49. The fraction of sp³-hybridized carbons (Fsp3) is 0.750. The Bertz CT molecular complexity index is 250. The predicted octanol–water partition coefficient (Wildman–Crippen LogP) is -1.57. The van der Waals surface area contributed by atoms with Crippen LogP contribution in [0.3, 0.4) is 0 Å². The Labute approximate surface area is 76.3 Å². The summed E-state index contributed by atoms with van der Waals surface area (Å²) in [7, 11) is 0. The van der Waals surface area contributed by atoms with Crippen molar-refractivity contribution >= 4 is 11.8 Å². The van der Waals surface area contributed by atoms with E-state index in [2.05, 4.69) is 5.32 Å². The average Bonchev–Trinajstić information content (AvgIpc) is 2.85. The van der Waals surface area contributed by atoms with E-state index >= 15 is 0 Å². The van der Waals surface area contributed by atoms with Crippen molar-refractivity contribution in [3.63, 3.8) is 0 Å². The molecule has 2 fully saturated rings. The summed E-state index contributed by atoms with van der Waals surface area (Å²) in [4.78, 5) is 24.1. The third-order valence-corrected chi connectivity index (χ3v) is 2.51. The summed E-state index contributed by atoms with van der Waals surface area (Å²) >= 11 is 0. The molecule has 1 heterocycles. The van der Waals surface area contributed by atoms with Gasteiger partial charge in [-0.2, -0.15) is 0 Å². The third kappa shape index (κ3) is 1.80. The lowest BCUT2D eigenvalue weighted by Gasteiger charge is -2.31. The number of nitrogens with one attached hydrogen (secondary N) is 1. The van der Waals surface area contributed by atoms with Crippen LogP contribution < -0.4 is 11.1 Å². The molecule has 1 aliphatic carbocycles. The zero-order valence-electron chi connectivity index (χ0n) is 7.32. The van der Waals surface area contributed by atoms with Crippen molar-refractivity contribution in [3.05, 3.63) is 0 Å². The third-order valence-electron chi connectivity index (χ3n) is 2.51. The number of nitrogens with two attached hydrogens (primary N) is 1. The minimum absolute atomic E-state index is 0.0954. The van der Waals surface area contributed by atoms with Crippen molar-refractivity contribution in [2.45, 2.75) is 24.9 Å². The van der Waals surface area contributed by atoms with Crippen LogP contribution in [0.2, 0.25) is 0 Å². The summed E-state index contributed by atoms with van der Waals surface area (Å²) in [6.07, 6.45) is 2.28. The second-order valence-electron chi connectivity index (χ2n) is 3.68. The van der Waals surface area contributed by atoms with Crippen molar-refractivity contribution in [2.24, 2.45) is 5.73 Å². The molecule has 3 N–H and O–H groups in total. The van der Waals surface area contributed by atoms with Crippen molar-refractivity contribution in [1.82, 2.24) is 10.2 Å². The van der Waals surface area contributed by atoms with E-state index in [1.54, 1.807) is 0 Å². The number of carbonyl (C=O) groups is 2. The van der Waals surface area contributed by atoms with Gasteiger partial charge >= 0.3 is 0 Å². The number of rotatable bonds is 2. The first-order valence-electron chi connectivity index (χ1n) is 4.49. The van der Waals surface area contributed by atoms with Gasteiger partial charge in [0.15, 0.2) is 0 Å². The summed E-state index contributed by atoms with van der Waals surface area (Å²) in [6.45, 7) is 0.986. The van der Waals surface area contributed by atoms with Crippen LogP contribution in [0.5, 0.6) is 0 Å². The first-order chi connectivity index (χ1) is 6.16. The fourth-order valence-corrected chi connectivity index (χ4v) is 1.65. The van der Waals surface area contributed by atoms with Crippen LogP contribution in [0.4, 0.5) is 0 Å². The number of amides is 2. The van der Waals surface area contributed by atoms with Gasteiger partial charge in [0.2, 0.25) is 11.8 Å². The van der Waals surface area contributed by atoms with Crippen LogP contribution in [-0.4, -0.2) is 41.9 Å². The molecule has 2 amide bonds. The molecule has 0 aromatic rings. The van der Waals surface area contributed by atoms with Gasteiger partial charge in [0.05, 0.1) is 6.54 Å². The Morgan fingerprint density at radius 3 is 2.77 bits per heavy atom. The molecule has 2 rings (SSSR count). The van der Waals surface area contributed by atoms with E-state index < -0.39 is 11.9 Å². The van der Waals surface area contributed by atoms with Crippen LogP contribution in [-0.2, 0) is 9.59 Å². The lowest BCUT2D eigenvalue weighted by molar-refractivity contribution is -0.132. The highest BCUT2D eigenvalue weighted by Crippen LogP contribution is 2.27. The number of primary amides is 1. The molecule has 2 aliphatic rings. The predicted molar refractivity (Wildman–Crippen MR) is 45.7 cm³/mol. The van der Waals surface area contributed by atoms with E-state index in [0.29, 0.717) is 19.1 Å². The van der Waals surface area contributed by atoms with E-state index in [9.17, 15) is 9.59 Å². The monoisotopic (exact) mass is 183 g/mol. The number of nitrogens with zero attached hydrogens (tertiary/aromatic N) is 1. The maximum Gasteiger partial charge on any atom is 0.241 e. The lowest BCUT2D eigenvalue weighted by Crippen LogP contribution is -2.59. The molecular weight excluding hydrogens is 170 g/mol. The van der Waals surface area contributed by atoms with Gasteiger partial charge < -0.3 is 11.1 Å². The molecule has 5 heteroatoms. The van der Waals surface area contributed by atoms with Crippen molar-refractivity contribution in [3.8, 4) is 0 Å². The second-order valence-corrected chi connectivity index (χ2v) is 3.68. The SMILES string of the molecule is NC(=O)[C@H]1CN(C2CC2)CC(=O)N1. The Morgan fingerprint density at radius 2 is 2.23 bits per heavy atom. The minimum Gasteiger partial charge on any atom is -0.368 e. The smallest absolute Gasteiger partial charge is 0.241 e. The molecular formula is C8H13N3O2. The lowest BCUT2D eigenvalue weighted by atomic mass is 10.2. The molecule has 1 atom stereocenters. The zero-order valence-corrected chi connectivity index (χ0v) is 7.32. The Hall–Kier alpha value is -1.10. The normalized spacial score (nSPS) is 29.8. The van der Waals surface area contributed by atoms with Crippen LogP contribution >= 0.6 is 0 Å². The molecule has 0 aromatic carbocycles. The standard InChI is InChI=1S/C8H13N3O2/c9-8(13)6-3-11(5-1-2-5)4-7(12)10-6/h5-6H,1-4H2,(H2,9,13)(H,10,12)/t6-/m1/s1. The summed E-state index contributed by atoms with van der Waals surface area (Å²) in [5.41, 5.74) is 5.13. The molecule has 13 heavy (non-hydrogen) atoms. The van der Waals surface area contributed by atoms with E-state index in [0.717, 1.165) is 12.8 Å². The van der Waals surface area contributed by atoms with Crippen molar-refractivity contribution < 1.29 is 9.59 Å². The van der Waals surface area contributed by atoms with Crippen molar-refractivity contribution in [1.29, 1.82) is 0 Å². The molecule has 0 spiro atoms. The number of carbonyl (C=O) groups excluding carboxylic acids is 2. The second kappa shape index (κ2) is 2.99. The molecule has 0 unspecified atom stereocenters. The van der Waals surface area contributed by atoms with Gasteiger partial charge in [0.25, 0.3) is 0 Å². The number of hydrogen-bond acceptors (Lipinski definition) is 3. The number of piperazine rings is 1. The highest BCUT2D eigenvalue weighted by atomic mass is 16.2. The molecule has 1 saturated heterocycles. The van der Waals surface area contributed by atoms with E-state index in [1.807, 2.05) is 4.90 Å². The van der Waals surface area contributed by atoms with E-state index in [4.69, 9.17) is 5.73 Å². The van der Waals surface area contributed by atoms with Gasteiger partial charge in [0, 0.05) is 12.6 Å². The molecule has 72 valence electrons. The van der Waals surface area contributed by atoms with Crippen LogP contribution in [0.25, 0.3) is 0 Å². The first kappa shape index (κ1) is 8.50. The van der Waals surface area contributed by atoms with Gasteiger partial charge in [-0.1, -0.05) is 0 Å². The molecule has 5 nitrogen and oxygen atoms in total. The molecule has 1 saturated carbocycles. The number of hydrogen-bond donors (Lipinski definition) is 2. The summed E-state index contributed by atoms with van der Waals surface area (Å²) < 4.78 is 0. The van der Waals surface area contributed by atoms with Crippen LogP contribution in [0.1, 0.15) is 12.8 Å². The highest BCUT2D eigenvalue weighted by Gasteiger charge is 2.36. The maximum absolute atomic E-state index is 11.2. The van der Waals surface area contributed by atoms with Gasteiger partial charge in [-0.05, 0) is 12.8 Å². The Balaban J connectivity index is 1.99. The van der Waals surface area contributed by atoms with Crippen LogP contribution in [0, 0.1) is 0 Å². The van der Waals surface area contributed by atoms with Gasteiger partial charge in [-0.25, -0.2) is 0 Å².